The van der Waals surface area contributed by atoms with Crippen LogP contribution in [0, 0.1) is 18.6 Å². The van der Waals surface area contributed by atoms with Crippen LogP contribution >= 0.6 is 15.9 Å². The molecular formula is C16H21BrF2N2. The highest BCUT2D eigenvalue weighted by molar-refractivity contribution is 9.10. The minimum absolute atomic E-state index is 0.242. The quantitative estimate of drug-likeness (QED) is 0.599. The van der Waals surface area contributed by atoms with E-state index in [0.717, 1.165) is 17.3 Å². The normalized spacial score (nSPS) is 11.1. The van der Waals surface area contributed by atoms with E-state index in [1.807, 2.05) is 46.2 Å². The fraction of sp³-hybridized carbons (Fsp3) is 0.438. The van der Waals surface area contributed by atoms with Gasteiger partial charge in [-0.2, -0.15) is 5.10 Å². The van der Waals surface area contributed by atoms with Crippen LogP contribution in [0.5, 0.6) is 0 Å². The van der Waals surface area contributed by atoms with Crippen molar-refractivity contribution in [2.24, 2.45) is 0 Å². The molecule has 0 aliphatic rings. The van der Waals surface area contributed by atoms with Crippen molar-refractivity contribution in [3.05, 3.63) is 40.0 Å². The summed E-state index contributed by atoms with van der Waals surface area (Å²) in [6.07, 6.45) is 1.73. The highest BCUT2D eigenvalue weighted by Crippen LogP contribution is 2.34. The molecule has 0 fully saturated rings. The Labute approximate surface area is 133 Å². The zero-order valence-electron chi connectivity index (χ0n) is 13.3. The minimum atomic E-state index is -0.866. The highest BCUT2D eigenvalue weighted by atomic mass is 79.9. The van der Waals surface area contributed by atoms with E-state index in [-0.39, 0.29) is 5.54 Å². The van der Waals surface area contributed by atoms with E-state index in [1.165, 1.54) is 6.07 Å². The molecule has 5 heteroatoms. The molecule has 0 amide bonds. The fourth-order valence-corrected chi connectivity index (χ4v) is 2.47. The van der Waals surface area contributed by atoms with Crippen molar-refractivity contribution < 1.29 is 8.78 Å². The van der Waals surface area contributed by atoms with Crippen LogP contribution in [-0.2, 0) is 5.54 Å². The first kappa shape index (κ1) is 17.8. The monoisotopic (exact) mass is 358 g/mol. The van der Waals surface area contributed by atoms with Crippen molar-refractivity contribution in [3.63, 3.8) is 0 Å². The van der Waals surface area contributed by atoms with Gasteiger partial charge in [0, 0.05) is 10.0 Å². The molecule has 2 nitrogen and oxygen atoms in total. The predicted octanol–water partition coefficient (Wildman–Crippen LogP) is 5.68. The Morgan fingerprint density at radius 2 is 1.62 bits per heavy atom. The minimum Gasteiger partial charge on any atom is -0.259 e. The largest absolute Gasteiger partial charge is 0.259 e. The standard InChI is InChI=1S/C14H15BrF2N2.C2H6/c1-8-7-18-19(14(2,3)4)13(8)9-5-11(16)12(17)6-10(9)15;1-2/h5-7H,1-4H3;1-2H3. The van der Waals surface area contributed by atoms with Gasteiger partial charge in [-0.1, -0.05) is 13.8 Å². The Hall–Kier alpha value is -1.23. The van der Waals surface area contributed by atoms with E-state index in [4.69, 9.17) is 0 Å². The lowest BCUT2D eigenvalue weighted by molar-refractivity contribution is 0.360. The van der Waals surface area contributed by atoms with E-state index in [1.54, 1.807) is 6.20 Å². The molecule has 0 aliphatic carbocycles. The first-order valence-electron chi connectivity index (χ1n) is 6.92. The molecule has 2 rings (SSSR count). The second-order valence-electron chi connectivity index (χ2n) is 5.50. The van der Waals surface area contributed by atoms with Gasteiger partial charge in [0.25, 0.3) is 0 Å². The second-order valence-corrected chi connectivity index (χ2v) is 6.36. The van der Waals surface area contributed by atoms with Gasteiger partial charge in [-0.15, -0.1) is 0 Å². The molecule has 0 saturated heterocycles. The lowest BCUT2D eigenvalue weighted by Gasteiger charge is -2.23. The molecule has 1 heterocycles. The lowest BCUT2D eigenvalue weighted by atomic mass is 10.0. The van der Waals surface area contributed by atoms with E-state index >= 15 is 0 Å². The number of benzene rings is 1. The number of hydrogen-bond donors (Lipinski definition) is 0. The topological polar surface area (TPSA) is 17.8 Å². The maximum absolute atomic E-state index is 13.5. The lowest BCUT2D eigenvalue weighted by Crippen LogP contribution is -2.24. The van der Waals surface area contributed by atoms with Crippen LogP contribution in [0.1, 0.15) is 40.2 Å². The van der Waals surface area contributed by atoms with E-state index < -0.39 is 11.6 Å². The molecule has 0 unspecified atom stereocenters. The van der Waals surface area contributed by atoms with Crippen LogP contribution in [0.3, 0.4) is 0 Å². The van der Waals surface area contributed by atoms with Gasteiger partial charge in [0.1, 0.15) is 0 Å². The molecular weight excluding hydrogens is 338 g/mol. The molecule has 0 saturated carbocycles. The molecule has 0 spiro atoms. The average Bonchev–Trinajstić information content (AvgIpc) is 2.78. The van der Waals surface area contributed by atoms with Gasteiger partial charge in [-0.25, -0.2) is 8.78 Å². The highest BCUT2D eigenvalue weighted by Gasteiger charge is 2.22. The van der Waals surface area contributed by atoms with Crippen LogP contribution in [0.2, 0.25) is 0 Å². The molecule has 2 aromatic rings. The molecule has 21 heavy (non-hydrogen) atoms. The van der Waals surface area contributed by atoms with E-state index in [2.05, 4.69) is 21.0 Å². The zero-order chi connectivity index (χ0) is 16.4. The van der Waals surface area contributed by atoms with Crippen LogP contribution in [0.15, 0.2) is 22.8 Å². The molecule has 0 bridgehead atoms. The maximum atomic E-state index is 13.5. The summed E-state index contributed by atoms with van der Waals surface area (Å²) in [6, 6.07) is 2.34. The third kappa shape index (κ3) is 3.70. The average molecular weight is 359 g/mol. The number of aryl methyl sites for hydroxylation is 1. The molecule has 0 N–H and O–H groups in total. The van der Waals surface area contributed by atoms with Crippen LogP contribution in [0.4, 0.5) is 8.78 Å². The van der Waals surface area contributed by atoms with Gasteiger partial charge < -0.3 is 0 Å². The van der Waals surface area contributed by atoms with Gasteiger partial charge >= 0.3 is 0 Å². The number of halogens is 3. The van der Waals surface area contributed by atoms with Gasteiger partial charge in [0.05, 0.1) is 17.4 Å². The van der Waals surface area contributed by atoms with Gasteiger partial charge in [0.15, 0.2) is 11.6 Å². The zero-order valence-corrected chi connectivity index (χ0v) is 14.8. The van der Waals surface area contributed by atoms with Gasteiger partial charge in [-0.05, 0) is 61.3 Å². The van der Waals surface area contributed by atoms with Crippen molar-refractivity contribution in [3.8, 4) is 11.3 Å². The van der Waals surface area contributed by atoms with Crippen molar-refractivity contribution in [1.82, 2.24) is 9.78 Å². The Bertz CT molecular complexity index is 628. The fourth-order valence-electron chi connectivity index (χ4n) is 1.97. The van der Waals surface area contributed by atoms with Crippen molar-refractivity contribution in [1.29, 1.82) is 0 Å². The summed E-state index contributed by atoms with van der Waals surface area (Å²) >= 11 is 3.29. The number of aromatic nitrogens is 2. The Balaban J connectivity index is 0.00000106. The summed E-state index contributed by atoms with van der Waals surface area (Å²) in [4.78, 5) is 0. The Morgan fingerprint density at radius 3 is 2.14 bits per heavy atom. The third-order valence-electron chi connectivity index (χ3n) is 2.85. The summed E-state index contributed by atoms with van der Waals surface area (Å²) < 4.78 is 29.0. The summed E-state index contributed by atoms with van der Waals surface area (Å²) in [5, 5.41) is 4.34. The van der Waals surface area contributed by atoms with Gasteiger partial charge in [0.2, 0.25) is 0 Å². The second kappa shape index (κ2) is 6.69. The van der Waals surface area contributed by atoms with E-state index in [9.17, 15) is 8.78 Å². The van der Waals surface area contributed by atoms with Gasteiger partial charge in [-0.3, -0.25) is 4.68 Å². The maximum Gasteiger partial charge on any atom is 0.159 e. The van der Waals surface area contributed by atoms with E-state index in [0.29, 0.717) is 10.0 Å². The molecule has 0 aliphatic heterocycles. The van der Waals surface area contributed by atoms with Crippen LogP contribution < -0.4 is 0 Å². The Morgan fingerprint density at radius 1 is 1.10 bits per heavy atom. The smallest absolute Gasteiger partial charge is 0.159 e. The molecule has 0 atom stereocenters. The Kier molecular flexibility index (Phi) is 5.68. The summed E-state index contributed by atoms with van der Waals surface area (Å²) in [5.41, 5.74) is 2.07. The molecule has 116 valence electrons. The predicted molar refractivity (Wildman–Crippen MR) is 86.4 cm³/mol. The summed E-state index contributed by atoms with van der Waals surface area (Å²) in [5.74, 6) is -1.73. The number of nitrogens with zero attached hydrogens (tertiary/aromatic N) is 2. The molecule has 1 aromatic carbocycles. The molecule has 0 radical (unpaired) electrons. The summed E-state index contributed by atoms with van der Waals surface area (Å²) in [6.45, 7) is 11.9. The van der Waals surface area contributed by atoms with Crippen molar-refractivity contribution in [2.45, 2.75) is 47.1 Å². The number of rotatable bonds is 1. The molecule has 1 aromatic heterocycles. The number of hydrogen-bond acceptors (Lipinski definition) is 1. The van der Waals surface area contributed by atoms with Crippen LogP contribution in [0.25, 0.3) is 11.3 Å². The van der Waals surface area contributed by atoms with Crippen LogP contribution in [-0.4, -0.2) is 9.78 Å². The first-order chi connectivity index (χ1) is 9.71. The third-order valence-corrected chi connectivity index (χ3v) is 3.51. The SMILES string of the molecule is CC.Cc1cnn(C(C)(C)C)c1-c1cc(F)c(F)cc1Br. The summed E-state index contributed by atoms with van der Waals surface area (Å²) in [7, 11) is 0. The van der Waals surface area contributed by atoms with Crippen molar-refractivity contribution in [2.75, 3.05) is 0 Å². The van der Waals surface area contributed by atoms with Crippen molar-refractivity contribution >= 4 is 15.9 Å². The first-order valence-corrected chi connectivity index (χ1v) is 7.71.